The molecular formula is C31H27BrN2O3S. The molecule has 1 heterocycles. The molecule has 192 valence electrons. The van der Waals surface area contributed by atoms with E-state index in [2.05, 4.69) is 22.5 Å². The summed E-state index contributed by atoms with van der Waals surface area (Å²) in [5.74, 6) is -1.03. The summed E-state index contributed by atoms with van der Waals surface area (Å²) < 4.78 is 30.2. The molecular weight excluding hydrogens is 560 g/mol. The Morgan fingerprint density at radius 3 is 1.89 bits per heavy atom. The van der Waals surface area contributed by atoms with Gasteiger partial charge in [-0.2, -0.15) is 4.31 Å². The lowest BCUT2D eigenvalue weighted by Crippen LogP contribution is -2.38. The fourth-order valence-corrected chi connectivity index (χ4v) is 6.78. The van der Waals surface area contributed by atoms with Crippen LogP contribution in [0, 0.1) is 12.8 Å². The summed E-state index contributed by atoms with van der Waals surface area (Å²) in [5, 5.41) is 0. The number of hydrogen-bond acceptors (Lipinski definition) is 3. The van der Waals surface area contributed by atoms with E-state index in [-0.39, 0.29) is 17.3 Å². The van der Waals surface area contributed by atoms with Gasteiger partial charge in [0.15, 0.2) is 0 Å². The van der Waals surface area contributed by atoms with Gasteiger partial charge in [-0.25, -0.2) is 8.42 Å². The molecule has 38 heavy (non-hydrogen) atoms. The zero-order chi connectivity index (χ0) is 26.9. The van der Waals surface area contributed by atoms with E-state index in [0.717, 1.165) is 15.6 Å². The molecule has 5 rings (SSSR count). The molecule has 1 aliphatic rings. The van der Waals surface area contributed by atoms with Crippen molar-refractivity contribution in [1.82, 2.24) is 4.31 Å². The van der Waals surface area contributed by atoms with Gasteiger partial charge in [0.1, 0.15) is 0 Å². The van der Waals surface area contributed by atoms with Crippen molar-refractivity contribution in [2.24, 2.45) is 5.92 Å². The molecule has 1 saturated heterocycles. The molecule has 2 atom stereocenters. The molecule has 0 bridgehead atoms. The monoisotopic (exact) mass is 586 g/mol. The minimum Gasteiger partial charge on any atom is -0.280 e. The summed E-state index contributed by atoms with van der Waals surface area (Å²) in [6.45, 7) is 6.19. The van der Waals surface area contributed by atoms with E-state index in [0.29, 0.717) is 16.9 Å². The van der Waals surface area contributed by atoms with Crippen LogP contribution in [0.2, 0.25) is 0 Å². The number of amides is 1. The molecule has 7 heteroatoms. The second kappa shape index (κ2) is 10.7. The number of aryl methyl sites for hydroxylation is 1. The van der Waals surface area contributed by atoms with Crippen LogP contribution in [0.4, 0.5) is 11.4 Å². The second-order valence-electron chi connectivity index (χ2n) is 9.34. The number of nitrogens with zero attached hydrogens (tertiary/aromatic N) is 2. The van der Waals surface area contributed by atoms with Crippen molar-refractivity contribution >= 4 is 43.2 Å². The maximum Gasteiger partial charge on any atom is 0.243 e. The van der Waals surface area contributed by atoms with Crippen molar-refractivity contribution < 1.29 is 13.2 Å². The standard InChI is InChI=1S/C31H27BrN2O3S/c1-22-13-19-28(20-14-22)38(36,37)33-21-23(2)29(30(33)24-15-17-25(32)18-16-24)31(35)34(26-9-5-3-6-10-26)27-11-7-4-8-12-27/h3-20,29-30H,2,21H2,1H3/t29-,30-/m0/s1. The lowest BCUT2D eigenvalue weighted by atomic mass is 9.90. The highest BCUT2D eigenvalue weighted by Crippen LogP contribution is 2.45. The number of carbonyl (C=O) groups is 1. The normalized spacial score (nSPS) is 17.9. The van der Waals surface area contributed by atoms with Crippen LogP contribution in [0.5, 0.6) is 0 Å². The fraction of sp³-hybridized carbons (Fsp3) is 0.129. The minimum absolute atomic E-state index is 0.0464. The Labute approximate surface area is 232 Å². The lowest BCUT2D eigenvalue weighted by molar-refractivity contribution is -0.121. The van der Waals surface area contributed by atoms with Crippen LogP contribution in [0.3, 0.4) is 0 Å². The molecule has 0 aliphatic carbocycles. The summed E-state index contributed by atoms with van der Waals surface area (Å²) in [6.07, 6.45) is 0. The van der Waals surface area contributed by atoms with Crippen molar-refractivity contribution in [3.05, 3.63) is 137 Å². The van der Waals surface area contributed by atoms with Crippen LogP contribution in [0.25, 0.3) is 0 Å². The Morgan fingerprint density at radius 2 is 1.37 bits per heavy atom. The zero-order valence-electron chi connectivity index (χ0n) is 20.9. The molecule has 0 radical (unpaired) electrons. The SMILES string of the molecule is C=C1CN(S(=O)(=O)c2ccc(C)cc2)[C@@H](c2ccc(Br)cc2)[C@H]1C(=O)N(c1ccccc1)c1ccccc1. The van der Waals surface area contributed by atoms with Gasteiger partial charge in [-0.15, -0.1) is 0 Å². The zero-order valence-corrected chi connectivity index (χ0v) is 23.3. The number of para-hydroxylation sites is 2. The van der Waals surface area contributed by atoms with Gasteiger partial charge in [0.25, 0.3) is 0 Å². The summed E-state index contributed by atoms with van der Waals surface area (Å²) >= 11 is 3.47. The van der Waals surface area contributed by atoms with Gasteiger partial charge in [0, 0.05) is 22.4 Å². The highest BCUT2D eigenvalue weighted by Gasteiger charge is 2.49. The molecule has 1 fully saturated rings. The number of benzene rings is 4. The molecule has 0 saturated carbocycles. The minimum atomic E-state index is -3.93. The van der Waals surface area contributed by atoms with E-state index in [1.807, 2.05) is 91.9 Å². The number of rotatable bonds is 6. The third kappa shape index (κ3) is 4.97. The van der Waals surface area contributed by atoms with E-state index in [1.165, 1.54) is 4.31 Å². The van der Waals surface area contributed by atoms with Crippen molar-refractivity contribution in [3.63, 3.8) is 0 Å². The van der Waals surface area contributed by atoms with Gasteiger partial charge in [0.2, 0.25) is 15.9 Å². The Bertz CT molecular complexity index is 1520. The number of hydrogen-bond donors (Lipinski definition) is 0. The van der Waals surface area contributed by atoms with E-state index in [4.69, 9.17) is 0 Å². The Morgan fingerprint density at radius 1 is 0.842 bits per heavy atom. The first-order valence-corrected chi connectivity index (χ1v) is 14.5. The van der Waals surface area contributed by atoms with Crippen LogP contribution in [0.1, 0.15) is 17.2 Å². The maximum atomic E-state index is 14.5. The summed E-state index contributed by atoms with van der Waals surface area (Å²) in [4.78, 5) is 16.3. The highest BCUT2D eigenvalue weighted by molar-refractivity contribution is 9.10. The number of sulfonamides is 1. The van der Waals surface area contributed by atoms with Crippen molar-refractivity contribution in [2.45, 2.75) is 17.9 Å². The van der Waals surface area contributed by atoms with Crippen LogP contribution in [0.15, 0.2) is 131 Å². The van der Waals surface area contributed by atoms with E-state index in [1.54, 1.807) is 29.2 Å². The highest BCUT2D eigenvalue weighted by atomic mass is 79.9. The molecule has 0 N–H and O–H groups in total. The molecule has 0 unspecified atom stereocenters. The Hall–Kier alpha value is -3.52. The van der Waals surface area contributed by atoms with Crippen molar-refractivity contribution in [1.29, 1.82) is 0 Å². The first-order chi connectivity index (χ1) is 18.3. The summed E-state index contributed by atoms with van der Waals surface area (Å²) in [5.41, 5.74) is 3.64. The van der Waals surface area contributed by atoms with Gasteiger partial charge >= 0.3 is 0 Å². The van der Waals surface area contributed by atoms with Crippen molar-refractivity contribution in [2.75, 3.05) is 11.4 Å². The molecule has 0 spiro atoms. The molecule has 1 aliphatic heterocycles. The third-order valence-electron chi connectivity index (χ3n) is 6.78. The number of halogens is 1. The molecule has 0 aromatic heterocycles. The van der Waals surface area contributed by atoms with Crippen LogP contribution in [-0.4, -0.2) is 25.2 Å². The second-order valence-corrected chi connectivity index (χ2v) is 12.1. The predicted octanol–water partition coefficient (Wildman–Crippen LogP) is 7.04. The van der Waals surface area contributed by atoms with Gasteiger partial charge in [-0.05, 0) is 66.6 Å². The quantitative estimate of drug-likeness (QED) is 0.228. The lowest BCUT2D eigenvalue weighted by Gasteiger charge is -2.31. The van der Waals surface area contributed by atoms with Crippen LogP contribution < -0.4 is 4.90 Å². The molecule has 1 amide bonds. The fourth-order valence-electron chi connectivity index (χ4n) is 4.89. The Kier molecular flexibility index (Phi) is 7.34. The average Bonchev–Trinajstić information content (AvgIpc) is 3.28. The van der Waals surface area contributed by atoms with E-state index in [9.17, 15) is 13.2 Å². The van der Waals surface area contributed by atoms with Crippen LogP contribution >= 0.6 is 15.9 Å². The largest absolute Gasteiger partial charge is 0.280 e. The molecule has 4 aromatic rings. The van der Waals surface area contributed by atoms with Crippen molar-refractivity contribution in [3.8, 4) is 0 Å². The van der Waals surface area contributed by atoms with Gasteiger partial charge in [0.05, 0.1) is 16.9 Å². The smallest absolute Gasteiger partial charge is 0.243 e. The summed E-state index contributed by atoms with van der Waals surface area (Å²) in [7, 11) is -3.93. The third-order valence-corrected chi connectivity index (χ3v) is 9.15. The molecule has 4 aromatic carbocycles. The van der Waals surface area contributed by atoms with E-state index < -0.39 is 22.0 Å². The first kappa shape index (κ1) is 26.1. The summed E-state index contributed by atoms with van der Waals surface area (Å²) in [6, 6.07) is 32.3. The predicted molar refractivity (Wildman–Crippen MR) is 155 cm³/mol. The van der Waals surface area contributed by atoms with Gasteiger partial charge in [-0.3, -0.25) is 9.69 Å². The molecule has 5 nitrogen and oxygen atoms in total. The Balaban J connectivity index is 1.64. The topological polar surface area (TPSA) is 57.7 Å². The number of anilines is 2. The number of carbonyl (C=O) groups excluding carboxylic acids is 1. The maximum absolute atomic E-state index is 14.5. The first-order valence-electron chi connectivity index (χ1n) is 12.2. The van der Waals surface area contributed by atoms with Crippen LogP contribution in [-0.2, 0) is 14.8 Å². The van der Waals surface area contributed by atoms with Gasteiger partial charge in [-0.1, -0.05) is 88.7 Å². The average molecular weight is 588 g/mol. The van der Waals surface area contributed by atoms with Gasteiger partial charge < -0.3 is 0 Å². The van der Waals surface area contributed by atoms with E-state index >= 15 is 0 Å².